The highest BCUT2D eigenvalue weighted by atomic mass is 16.2. The van der Waals surface area contributed by atoms with Crippen molar-refractivity contribution in [2.75, 3.05) is 31.9 Å². The molecule has 1 aromatic carbocycles. The van der Waals surface area contributed by atoms with Crippen LogP contribution in [0.3, 0.4) is 0 Å². The highest BCUT2D eigenvalue weighted by Gasteiger charge is 2.28. The average molecular weight is 273 g/mol. The van der Waals surface area contributed by atoms with Crippen molar-refractivity contribution in [3.63, 3.8) is 0 Å². The molecule has 4 heteroatoms. The van der Waals surface area contributed by atoms with Gasteiger partial charge >= 0.3 is 0 Å². The van der Waals surface area contributed by atoms with Crippen LogP contribution in [0.25, 0.3) is 0 Å². The van der Waals surface area contributed by atoms with Gasteiger partial charge in [-0.25, -0.2) is 0 Å². The van der Waals surface area contributed by atoms with Crippen molar-refractivity contribution in [3.05, 3.63) is 29.8 Å². The largest absolute Gasteiger partial charge is 0.398 e. The maximum atomic E-state index is 12.5. The quantitative estimate of drug-likeness (QED) is 0.838. The van der Waals surface area contributed by atoms with E-state index >= 15 is 0 Å². The molecule has 4 nitrogen and oxygen atoms in total. The molecular formula is C16H23N3O. The smallest absolute Gasteiger partial charge is 0.255 e. The van der Waals surface area contributed by atoms with Crippen molar-refractivity contribution in [1.82, 2.24) is 9.80 Å². The Morgan fingerprint density at radius 1 is 1.05 bits per heavy atom. The van der Waals surface area contributed by atoms with E-state index in [0.29, 0.717) is 17.3 Å². The first kappa shape index (κ1) is 13.4. The molecule has 0 aromatic heterocycles. The van der Waals surface area contributed by atoms with Gasteiger partial charge in [-0.2, -0.15) is 0 Å². The molecule has 0 atom stereocenters. The second kappa shape index (κ2) is 5.83. The Kier molecular flexibility index (Phi) is 3.92. The molecule has 2 fully saturated rings. The zero-order valence-corrected chi connectivity index (χ0v) is 11.9. The molecule has 20 heavy (non-hydrogen) atoms. The van der Waals surface area contributed by atoms with Gasteiger partial charge in [0, 0.05) is 24.8 Å². The number of carbonyl (C=O) groups excluding carboxylic acids is 1. The van der Waals surface area contributed by atoms with Crippen LogP contribution in [0.4, 0.5) is 5.69 Å². The van der Waals surface area contributed by atoms with Crippen molar-refractivity contribution >= 4 is 11.6 Å². The van der Waals surface area contributed by atoms with E-state index in [2.05, 4.69) is 4.90 Å². The number of nitrogens with two attached hydrogens (primary N) is 1. The summed E-state index contributed by atoms with van der Waals surface area (Å²) >= 11 is 0. The van der Waals surface area contributed by atoms with Crippen LogP contribution in [0.2, 0.25) is 0 Å². The number of nitrogen functional groups attached to an aromatic ring is 1. The van der Waals surface area contributed by atoms with Gasteiger partial charge in [0.1, 0.15) is 0 Å². The van der Waals surface area contributed by atoms with Gasteiger partial charge in [0.2, 0.25) is 0 Å². The summed E-state index contributed by atoms with van der Waals surface area (Å²) in [6.45, 7) is 4.19. The number of benzene rings is 1. The highest BCUT2D eigenvalue weighted by Crippen LogP contribution is 2.23. The number of nitrogens with zero attached hydrogens (tertiary/aromatic N) is 2. The van der Waals surface area contributed by atoms with Crippen LogP contribution in [-0.2, 0) is 0 Å². The fourth-order valence-corrected chi connectivity index (χ4v) is 3.40. The van der Waals surface area contributed by atoms with Gasteiger partial charge in [-0.15, -0.1) is 0 Å². The van der Waals surface area contributed by atoms with Crippen molar-refractivity contribution in [3.8, 4) is 0 Å². The molecule has 1 aromatic rings. The second-order valence-electron chi connectivity index (χ2n) is 5.85. The summed E-state index contributed by atoms with van der Waals surface area (Å²) in [4.78, 5) is 17.0. The van der Waals surface area contributed by atoms with Gasteiger partial charge in [-0.3, -0.25) is 4.79 Å². The van der Waals surface area contributed by atoms with Crippen molar-refractivity contribution < 1.29 is 4.79 Å². The Balaban J connectivity index is 1.60. The number of rotatable bonds is 2. The maximum absolute atomic E-state index is 12.5. The van der Waals surface area contributed by atoms with Crippen molar-refractivity contribution in [2.45, 2.75) is 31.7 Å². The summed E-state index contributed by atoms with van der Waals surface area (Å²) in [7, 11) is 0. The highest BCUT2D eigenvalue weighted by molar-refractivity contribution is 5.99. The SMILES string of the molecule is Nc1ccccc1C(=O)N1CCC(N2CCCC2)CC1. The molecule has 108 valence electrons. The lowest BCUT2D eigenvalue weighted by Gasteiger charge is -2.36. The van der Waals surface area contributed by atoms with Crippen LogP contribution in [-0.4, -0.2) is 47.9 Å². The van der Waals surface area contributed by atoms with Gasteiger partial charge in [0.05, 0.1) is 5.56 Å². The molecule has 2 saturated heterocycles. The van der Waals surface area contributed by atoms with Crippen LogP contribution in [0, 0.1) is 0 Å². The number of amides is 1. The molecule has 2 heterocycles. The number of carbonyl (C=O) groups is 1. The van der Waals surface area contributed by atoms with Crippen LogP contribution in [0.5, 0.6) is 0 Å². The number of hydrogen-bond donors (Lipinski definition) is 1. The molecule has 2 aliphatic heterocycles. The lowest BCUT2D eigenvalue weighted by Crippen LogP contribution is -2.46. The summed E-state index contributed by atoms with van der Waals surface area (Å²) in [5.41, 5.74) is 7.13. The van der Waals surface area contributed by atoms with E-state index in [1.165, 1.54) is 25.9 Å². The van der Waals surface area contributed by atoms with Gasteiger partial charge < -0.3 is 15.5 Å². The third-order valence-corrected chi connectivity index (χ3v) is 4.60. The van der Waals surface area contributed by atoms with Crippen LogP contribution < -0.4 is 5.73 Å². The zero-order valence-electron chi connectivity index (χ0n) is 11.9. The molecular weight excluding hydrogens is 250 g/mol. The van der Waals surface area contributed by atoms with Gasteiger partial charge in [-0.05, 0) is 50.9 Å². The molecule has 0 bridgehead atoms. The third-order valence-electron chi connectivity index (χ3n) is 4.60. The Labute approximate surface area is 120 Å². The first-order valence-corrected chi connectivity index (χ1v) is 7.63. The number of hydrogen-bond acceptors (Lipinski definition) is 3. The molecule has 0 unspecified atom stereocenters. The lowest BCUT2D eigenvalue weighted by molar-refractivity contribution is 0.0645. The molecule has 0 radical (unpaired) electrons. The summed E-state index contributed by atoms with van der Waals surface area (Å²) in [5.74, 6) is 0.0861. The maximum Gasteiger partial charge on any atom is 0.255 e. The van der Waals surface area contributed by atoms with Crippen molar-refractivity contribution in [2.24, 2.45) is 0 Å². The van der Waals surface area contributed by atoms with E-state index in [1.54, 1.807) is 6.07 Å². The van der Waals surface area contributed by atoms with Gasteiger partial charge in [0.15, 0.2) is 0 Å². The molecule has 0 spiro atoms. The van der Waals surface area contributed by atoms with Crippen LogP contribution in [0.15, 0.2) is 24.3 Å². The molecule has 3 rings (SSSR count). The first-order valence-electron chi connectivity index (χ1n) is 7.63. The fourth-order valence-electron chi connectivity index (χ4n) is 3.40. The summed E-state index contributed by atoms with van der Waals surface area (Å²) in [6.07, 6.45) is 4.86. The van der Waals surface area contributed by atoms with Crippen molar-refractivity contribution in [1.29, 1.82) is 0 Å². The minimum absolute atomic E-state index is 0.0861. The number of anilines is 1. The van der Waals surface area contributed by atoms with Crippen LogP contribution >= 0.6 is 0 Å². The molecule has 0 aliphatic carbocycles. The predicted molar refractivity (Wildman–Crippen MR) is 80.6 cm³/mol. The molecule has 2 N–H and O–H groups in total. The van der Waals surface area contributed by atoms with Crippen LogP contribution in [0.1, 0.15) is 36.0 Å². The topological polar surface area (TPSA) is 49.6 Å². The second-order valence-corrected chi connectivity index (χ2v) is 5.85. The van der Waals surface area contributed by atoms with Gasteiger partial charge in [-0.1, -0.05) is 12.1 Å². The standard InChI is InChI=1S/C16H23N3O/c17-15-6-2-1-5-14(15)16(20)19-11-7-13(8-12-19)18-9-3-4-10-18/h1-2,5-6,13H,3-4,7-12,17H2. The number of likely N-dealkylation sites (tertiary alicyclic amines) is 2. The Bertz CT molecular complexity index is 474. The average Bonchev–Trinajstić information content (AvgIpc) is 3.01. The Morgan fingerprint density at radius 2 is 1.70 bits per heavy atom. The summed E-state index contributed by atoms with van der Waals surface area (Å²) in [5, 5.41) is 0. The van der Waals surface area contributed by atoms with E-state index in [9.17, 15) is 4.79 Å². The van der Waals surface area contributed by atoms with E-state index in [0.717, 1.165) is 25.9 Å². The van der Waals surface area contributed by atoms with E-state index in [-0.39, 0.29) is 5.91 Å². The van der Waals surface area contributed by atoms with Gasteiger partial charge in [0.25, 0.3) is 5.91 Å². The van der Waals surface area contributed by atoms with E-state index < -0.39 is 0 Å². The Hall–Kier alpha value is -1.55. The minimum atomic E-state index is 0.0861. The zero-order chi connectivity index (χ0) is 13.9. The molecule has 0 saturated carbocycles. The summed E-state index contributed by atoms with van der Waals surface area (Å²) < 4.78 is 0. The molecule has 2 aliphatic rings. The predicted octanol–water partition coefficient (Wildman–Crippen LogP) is 1.97. The number of piperidine rings is 1. The normalized spacial score (nSPS) is 21.3. The third kappa shape index (κ3) is 2.66. The first-order chi connectivity index (χ1) is 9.75. The molecule has 1 amide bonds. The fraction of sp³-hybridized carbons (Fsp3) is 0.562. The van der Waals surface area contributed by atoms with E-state index in [4.69, 9.17) is 5.73 Å². The lowest BCUT2D eigenvalue weighted by atomic mass is 10.0. The van der Waals surface area contributed by atoms with E-state index in [1.807, 2.05) is 23.1 Å². The Morgan fingerprint density at radius 3 is 2.35 bits per heavy atom. The number of para-hydroxylation sites is 1. The monoisotopic (exact) mass is 273 g/mol. The minimum Gasteiger partial charge on any atom is -0.398 e. The summed E-state index contributed by atoms with van der Waals surface area (Å²) in [6, 6.07) is 8.04.